The van der Waals surface area contributed by atoms with E-state index in [0.29, 0.717) is 13.0 Å². The lowest BCUT2D eigenvalue weighted by molar-refractivity contribution is -0.120. The first kappa shape index (κ1) is 13.2. The zero-order valence-corrected chi connectivity index (χ0v) is 10.4. The van der Waals surface area contributed by atoms with Gasteiger partial charge >= 0.3 is 0 Å². The number of amides is 1. The molecule has 0 radical (unpaired) electrons. The van der Waals surface area contributed by atoms with Crippen LogP contribution >= 0.6 is 0 Å². The second-order valence-electron chi connectivity index (χ2n) is 4.18. The van der Waals surface area contributed by atoms with Crippen molar-refractivity contribution in [3.8, 4) is 6.07 Å². The minimum absolute atomic E-state index is 0.0459. The van der Waals surface area contributed by atoms with Crippen molar-refractivity contribution in [2.45, 2.75) is 33.1 Å². The van der Waals surface area contributed by atoms with E-state index >= 15 is 0 Å². The normalized spacial score (nSPS) is 9.71. The number of nitrogens with one attached hydrogen (secondary N) is 1. The SMILES string of the molecule is Cc1ccc(CCNC(=O)CCC#N)cc1C. The standard InChI is InChI=1S/C14H18N2O/c1-11-5-6-13(10-12(11)2)7-9-16-14(17)4-3-8-15/h5-6,10H,3-4,7,9H2,1-2H3,(H,16,17). The molecule has 0 saturated heterocycles. The molecule has 0 unspecified atom stereocenters. The minimum Gasteiger partial charge on any atom is -0.356 e. The van der Waals surface area contributed by atoms with Gasteiger partial charge in [-0.2, -0.15) is 5.26 Å². The van der Waals surface area contributed by atoms with Crippen LogP contribution in [-0.2, 0) is 11.2 Å². The first-order chi connectivity index (χ1) is 8.13. The van der Waals surface area contributed by atoms with Gasteiger partial charge in [-0.25, -0.2) is 0 Å². The zero-order valence-electron chi connectivity index (χ0n) is 10.4. The van der Waals surface area contributed by atoms with Crippen LogP contribution in [0.25, 0.3) is 0 Å². The van der Waals surface area contributed by atoms with Crippen molar-refractivity contribution in [1.29, 1.82) is 5.26 Å². The first-order valence-electron chi connectivity index (χ1n) is 5.83. The first-order valence-corrected chi connectivity index (χ1v) is 5.83. The van der Waals surface area contributed by atoms with Crippen LogP contribution in [0.4, 0.5) is 0 Å². The third kappa shape index (κ3) is 4.69. The van der Waals surface area contributed by atoms with Gasteiger partial charge in [0.05, 0.1) is 6.07 Å². The molecule has 0 saturated carbocycles. The molecule has 17 heavy (non-hydrogen) atoms. The quantitative estimate of drug-likeness (QED) is 0.843. The highest BCUT2D eigenvalue weighted by molar-refractivity contribution is 5.76. The Morgan fingerprint density at radius 3 is 2.76 bits per heavy atom. The lowest BCUT2D eigenvalue weighted by Gasteiger charge is -2.06. The van der Waals surface area contributed by atoms with Crippen molar-refractivity contribution in [2.75, 3.05) is 6.54 Å². The van der Waals surface area contributed by atoms with Gasteiger partial charge in [0.15, 0.2) is 0 Å². The molecule has 0 aliphatic carbocycles. The fourth-order valence-corrected chi connectivity index (χ4v) is 1.56. The van der Waals surface area contributed by atoms with E-state index in [1.807, 2.05) is 6.07 Å². The molecule has 3 nitrogen and oxygen atoms in total. The predicted octanol–water partition coefficient (Wildman–Crippen LogP) is 2.27. The highest BCUT2D eigenvalue weighted by atomic mass is 16.1. The highest BCUT2D eigenvalue weighted by Crippen LogP contribution is 2.09. The smallest absolute Gasteiger partial charge is 0.221 e. The molecule has 0 spiro atoms. The van der Waals surface area contributed by atoms with Crippen molar-refractivity contribution in [2.24, 2.45) is 0 Å². The van der Waals surface area contributed by atoms with Crippen LogP contribution in [0.5, 0.6) is 0 Å². The predicted molar refractivity (Wildman–Crippen MR) is 67.5 cm³/mol. The summed E-state index contributed by atoms with van der Waals surface area (Å²) in [6.45, 7) is 4.81. The Morgan fingerprint density at radius 2 is 2.12 bits per heavy atom. The van der Waals surface area contributed by atoms with E-state index in [2.05, 4.69) is 37.4 Å². The molecule has 90 valence electrons. The molecule has 0 atom stereocenters. The largest absolute Gasteiger partial charge is 0.356 e. The lowest BCUT2D eigenvalue weighted by atomic mass is 10.0. The number of benzene rings is 1. The zero-order chi connectivity index (χ0) is 12.7. The van der Waals surface area contributed by atoms with Gasteiger partial charge in [-0.1, -0.05) is 18.2 Å². The number of hydrogen-bond acceptors (Lipinski definition) is 2. The summed E-state index contributed by atoms with van der Waals surface area (Å²) in [4.78, 5) is 11.3. The van der Waals surface area contributed by atoms with Crippen LogP contribution in [-0.4, -0.2) is 12.5 Å². The molecule has 0 aliphatic rings. The second-order valence-corrected chi connectivity index (χ2v) is 4.18. The average molecular weight is 230 g/mol. The second kappa shape index (κ2) is 6.70. The topological polar surface area (TPSA) is 52.9 Å². The lowest BCUT2D eigenvalue weighted by Crippen LogP contribution is -2.25. The highest BCUT2D eigenvalue weighted by Gasteiger charge is 2.00. The molecule has 0 heterocycles. The van der Waals surface area contributed by atoms with E-state index in [9.17, 15) is 4.79 Å². The Morgan fingerprint density at radius 1 is 1.35 bits per heavy atom. The van der Waals surface area contributed by atoms with E-state index in [0.717, 1.165) is 6.42 Å². The van der Waals surface area contributed by atoms with Crippen LogP contribution < -0.4 is 5.32 Å². The van der Waals surface area contributed by atoms with Crippen LogP contribution in [0.3, 0.4) is 0 Å². The van der Waals surface area contributed by atoms with Gasteiger partial charge in [0.1, 0.15) is 0 Å². The summed E-state index contributed by atoms with van der Waals surface area (Å²) in [5.74, 6) is -0.0459. The number of rotatable bonds is 5. The van der Waals surface area contributed by atoms with E-state index < -0.39 is 0 Å². The molecule has 1 rings (SSSR count). The Bertz CT molecular complexity index is 432. The number of nitrogens with zero attached hydrogens (tertiary/aromatic N) is 1. The maximum Gasteiger partial charge on any atom is 0.221 e. The summed E-state index contributed by atoms with van der Waals surface area (Å²) < 4.78 is 0. The fourth-order valence-electron chi connectivity index (χ4n) is 1.56. The van der Waals surface area contributed by atoms with Crippen molar-refractivity contribution < 1.29 is 4.79 Å². The van der Waals surface area contributed by atoms with Gasteiger partial charge in [-0.05, 0) is 37.0 Å². The average Bonchev–Trinajstić information content (AvgIpc) is 2.31. The maximum absolute atomic E-state index is 11.3. The van der Waals surface area contributed by atoms with E-state index in [-0.39, 0.29) is 12.3 Å². The van der Waals surface area contributed by atoms with Gasteiger partial charge in [0.25, 0.3) is 0 Å². The van der Waals surface area contributed by atoms with Crippen molar-refractivity contribution in [1.82, 2.24) is 5.32 Å². The number of carbonyl (C=O) groups is 1. The molecule has 0 aromatic heterocycles. The van der Waals surface area contributed by atoms with E-state index in [1.165, 1.54) is 16.7 Å². The van der Waals surface area contributed by atoms with Gasteiger partial charge in [-0.15, -0.1) is 0 Å². The van der Waals surface area contributed by atoms with Gasteiger partial charge < -0.3 is 5.32 Å². The Labute approximate surface area is 102 Å². The summed E-state index contributed by atoms with van der Waals surface area (Å²) >= 11 is 0. The van der Waals surface area contributed by atoms with Gasteiger partial charge in [0, 0.05) is 19.4 Å². The Hall–Kier alpha value is -1.82. The summed E-state index contributed by atoms with van der Waals surface area (Å²) in [6.07, 6.45) is 1.41. The number of carbonyl (C=O) groups excluding carboxylic acids is 1. The molecule has 1 N–H and O–H groups in total. The Kier molecular flexibility index (Phi) is 5.22. The molecule has 1 aromatic carbocycles. The number of nitriles is 1. The van der Waals surface area contributed by atoms with Crippen LogP contribution in [0, 0.1) is 25.2 Å². The molecular weight excluding hydrogens is 212 g/mol. The molecule has 1 aromatic rings. The molecule has 3 heteroatoms. The van der Waals surface area contributed by atoms with Crippen LogP contribution in [0.15, 0.2) is 18.2 Å². The van der Waals surface area contributed by atoms with Crippen LogP contribution in [0.1, 0.15) is 29.5 Å². The van der Waals surface area contributed by atoms with Gasteiger partial charge in [0.2, 0.25) is 5.91 Å². The monoisotopic (exact) mass is 230 g/mol. The third-order valence-electron chi connectivity index (χ3n) is 2.77. The molecule has 1 amide bonds. The summed E-state index contributed by atoms with van der Waals surface area (Å²) in [5.41, 5.74) is 3.79. The molecular formula is C14H18N2O. The molecule has 0 aliphatic heterocycles. The summed E-state index contributed by atoms with van der Waals surface area (Å²) in [5, 5.41) is 11.2. The molecule has 0 fully saturated rings. The third-order valence-corrected chi connectivity index (χ3v) is 2.77. The summed E-state index contributed by atoms with van der Waals surface area (Å²) in [7, 11) is 0. The van der Waals surface area contributed by atoms with E-state index in [1.54, 1.807) is 0 Å². The fraction of sp³-hybridized carbons (Fsp3) is 0.429. The van der Waals surface area contributed by atoms with Crippen LogP contribution in [0.2, 0.25) is 0 Å². The summed E-state index contributed by atoms with van der Waals surface area (Å²) in [6, 6.07) is 8.30. The minimum atomic E-state index is -0.0459. The van der Waals surface area contributed by atoms with Crippen molar-refractivity contribution >= 4 is 5.91 Å². The number of hydrogen-bond donors (Lipinski definition) is 1. The number of aryl methyl sites for hydroxylation is 2. The van der Waals surface area contributed by atoms with Crippen molar-refractivity contribution in [3.05, 3.63) is 34.9 Å². The molecule has 0 bridgehead atoms. The van der Waals surface area contributed by atoms with Crippen molar-refractivity contribution in [3.63, 3.8) is 0 Å². The Balaban J connectivity index is 2.33. The van der Waals surface area contributed by atoms with Gasteiger partial charge in [-0.3, -0.25) is 4.79 Å². The maximum atomic E-state index is 11.3. The van der Waals surface area contributed by atoms with E-state index in [4.69, 9.17) is 5.26 Å².